The molecule has 0 amide bonds. The van der Waals surface area contributed by atoms with Gasteiger partial charge in [0.15, 0.2) is 11.5 Å². The minimum absolute atomic E-state index is 0.0340. The van der Waals surface area contributed by atoms with Crippen LogP contribution in [0.25, 0.3) is 0 Å². The normalized spacial score (nSPS) is 10.0. The number of benzene rings is 1. The fourth-order valence-corrected chi connectivity index (χ4v) is 1.58. The first-order valence-corrected chi connectivity index (χ1v) is 5.92. The maximum absolute atomic E-state index is 10.7. The Kier molecular flexibility index (Phi) is 4.36. The number of halogens is 1. The van der Waals surface area contributed by atoms with Crippen LogP contribution >= 0.6 is 11.6 Å². The number of hydrogen-bond acceptors (Lipinski definition) is 8. The summed E-state index contributed by atoms with van der Waals surface area (Å²) in [4.78, 5) is 17.9. The molecule has 0 aliphatic heterocycles. The summed E-state index contributed by atoms with van der Waals surface area (Å²) in [6, 6.07) is 3.88. The molecule has 2 rings (SSSR count). The molecule has 3 N–H and O–H groups in total. The second kappa shape index (κ2) is 6.20. The van der Waals surface area contributed by atoms with E-state index in [1.54, 1.807) is 0 Å². The van der Waals surface area contributed by atoms with Gasteiger partial charge >= 0.3 is 0 Å². The Bertz CT molecular complexity index is 682. The number of non-ortho nitro benzene ring substituents is 1. The quantitative estimate of drug-likeness (QED) is 0.488. The van der Waals surface area contributed by atoms with Gasteiger partial charge in [-0.3, -0.25) is 15.5 Å². The summed E-state index contributed by atoms with van der Waals surface area (Å²) in [5.74, 6) is 5.72. The van der Waals surface area contributed by atoms with Gasteiger partial charge < -0.3 is 9.47 Å². The number of nitro groups is 1. The largest absolute Gasteiger partial charge is 0.493 e. The molecule has 0 unspecified atom stereocenters. The van der Waals surface area contributed by atoms with Gasteiger partial charge in [0.05, 0.1) is 24.3 Å². The first kappa shape index (κ1) is 14.8. The van der Waals surface area contributed by atoms with Gasteiger partial charge in [-0.1, -0.05) is 11.6 Å². The number of hydrazine groups is 1. The molecule has 110 valence electrons. The second-order valence-electron chi connectivity index (χ2n) is 3.69. The third kappa shape index (κ3) is 3.27. The highest BCUT2D eigenvalue weighted by atomic mass is 35.5. The summed E-state index contributed by atoms with van der Waals surface area (Å²) in [6.45, 7) is 0. The van der Waals surface area contributed by atoms with E-state index in [1.807, 2.05) is 0 Å². The van der Waals surface area contributed by atoms with Crippen LogP contribution in [0.2, 0.25) is 5.02 Å². The molecule has 0 saturated carbocycles. The molecule has 21 heavy (non-hydrogen) atoms. The fourth-order valence-electron chi connectivity index (χ4n) is 1.45. The summed E-state index contributed by atoms with van der Waals surface area (Å²) < 4.78 is 10.5. The number of nitro benzene ring substituents is 1. The van der Waals surface area contributed by atoms with Crippen LogP contribution < -0.4 is 20.7 Å². The van der Waals surface area contributed by atoms with Crippen LogP contribution in [0.15, 0.2) is 24.4 Å². The number of methoxy groups -OCH3 is 1. The van der Waals surface area contributed by atoms with E-state index in [0.29, 0.717) is 0 Å². The molecule has 0 aliphatic carbocycles. The summed E-state index contributed by atoms with van der Waals surface area (Å²) in [7, 11) is 1.36. The predicted octanol–water partition coefficient (Wildman–Crippen LogP) is 2.12. The topological polar surface area (TPSA) is 125 Å². The van der Waals surface area contributed by atoms with E-state index in [2.05, 4.69) is 15.4 Å². The van der Waals surface area contributed by atoms with E-state index in [-0.39, 0.29) is 34.0 Å². The molecule has 0 bridgehead atoms. The van der Waals surface area contributed by atoms with Crippen molar-refractivity contribution in [1.82, 2.24) is 9.97 Å². The molecule has 1 heterocycles. The van der Waals surface area contributed by atoms with Gasteiger partial charge in [-0.15, -0.1) is 0 Å². The molecule has 1 aromatic carbocycles. The molecule has 0 fully saturated rings. The Labute approximate surface area is 123 Å². The van der Waals surface area contributed by atoms with Gasteiger partial charge in [0.2, 0.25) is 11.8 Å². The van der Waals surface area contributed by atoms with Crippen LogP contribution in [0.3, 0.4) is 0 Å². The van der Waals surface area contributed by atoms with Gasteiger partial charge in [-0.05, 0) is 6.07 Å². The second-order valence-corrected chi connectivity index (χ2v) is 4.09. The van der Waals surface area contributed by atoms with E-state index in [9.17, 15) is 10.1 Å². The summed E-state index contributed by atoms with van der Waals surface area (Å²) in [5, 5.41) is 10.9. The molecule has 0 atom stereocenters. The fraction of sp³-hybridized carbons (Fsp3) is 0.0909. The zero-order chi connectivity index (χ0) is 15.4. The molecule has 0 radical (unpaired) electrons. The molecule has 2 aromatic rings. The molecule has 0 spiro atoms. The number of aromatic nitrogens is 2. The number of nitrogens with one attached hydrogen (secondary N) is 1. The molecule has 9 nitrogen and oxygen atoms in total. The summed E-state index contributed by atoms with van der Waals surface area (Å²) in [6.07, 6.45) is 1.30. The van der Waals surface area contributed by atoms with Crippen LogP contribution in [-0.2, 0) is 0 Å². The van der Waals surface area contributed by atoms with Crippen LogP contribution in [0.4, 0.5) is 11.6 Å². The Hall–Kier alpha value is -2.65. The van der Waals surface area contributed by atoms with Crippen molar-refractivity contribution in [1.29, 1.82) is 0 Å². The highest BCUT2D eigenvalue weighted by molar-refractivity contribution is 6.31. The number of rotatable bonds is 5. The molecular weight excluding hydrogens is 302 g/mol. The Morgan fingerprint density at radius 2 is 2.19 bits per heavy atom. The lowest BCUT2D eigenvalue weighted by atomic mass is 10.3. The van der Waals surface area contributed by atoms with Crippen LogP contribution in [0.5, 0.6) is 17.4 Å². The van der Waals surface area contributed by atoms with E-state index in [4.69, 9.17) is 26.9 Å². The lowest BCUT2D eigenvalue weighted by Gasteiger charge is -2.10. The molecule has 0 saturated heterocycles. The van der Waals surface area contributed by atoms with Crippen LogP contribution in [0.1, 0.15) is 0 Å². The summed E-state index contributed by atoms with van der Waals surface area (Å²) >= 11 is 5.91. The third-order valence-corrected chi connectivity index (χ3v) is 2.66. The van der Waals surface area contributed by atoms with Gasteiger partial charge in [0.25, 0.3) is 5.69 Å². The Morgan fingerprint density at radius 3 is 2.81 bits per heavy atom. The van der Waals surface area contributed by atoms with Gasteiger partial charge in [-0.25, -0.2) is 10.8 Å². The zero-order valence-corrected chi connectivity index (χ0v) is 11.5. The highest BCUT2D eigenvalue weighted by Crippen LogP contribution is 2.36. The minimum Gasteiger partial charge on any atom is -0.493 e. The van der Waals surface area contributed by atoms with Crippen LogP contribution in [-0.4, -0.2) is 22.0 Å². The molecule has 0 aliphatic rings. The van der Waals surface area contributed by atoms with Crippen LogP contribution in [0, 0.1) is 10.1 Å². The minimum atomic E-state index is -0.541. The van der Waals surface area contributed by atoms with E-state index in [1.165, 1.54) is 31.5 Å². The number of ether oxygens (including phenoxy) is 2. The standard InChI is InChI=1S/C11H10ClN5O4/c1-20-9-4-6(17(18)19)2-3-8(9)21-10-7(12)5-14-11(15-10)16-13/h2-5H,13H2,1H3,(H,14,15,16). The van der Waals surface area contributed by atoms with E-state index >= 15 is 0 Å². The van der Waals surface area contributed by atoms with Crippen molar-refractivity contribution in [3.63, 3.8) is 0 Å². The van der Waals surface area contributed by atoms with Crippen molar-refractivity contribution in [3.05, 3.63) is 39.5 Å². The highest BCUT2D eigenvalue weighted by Gasteiger charge is 2.15. The molecular formula is C11H10ClN5O4. The van der Waals surface area contributed by atoms with Crippen molar-refractivity contribution in [2.24, 2.45) is 5.84 Å². The van der Waals surface area contributed by atoms with Crippen molar-refractivity contribution in [2.45, 2.75) is 0 Å². The van der Waals surface area contributed by atoms with Gasteiger partial charge in [0.1, 0.15) is 5.02 Å². The molecule has 10 heteroatoms. The van der Waals surface area contributed by atoms with Crippen molar-refractivity contribution in [2.75, 3.05) is 12.5 Å². The predicted molar refractivity (Wildman–Crippen MR) is 74.6 cm³/mol. The number of nitrogen functional groups attached to an aromatic ring is 1. The van der Waals surface area contributed by atoms with E-state index in [0.717, 1.165) is 0 Å². The van der Waals surface area contributed by atoms with Gasteiger partial charge in [0, 0.05) is 6.07 Å². The third-order valence-electron chi connectivity index (χ3n) is 2.41. The number of nitrogens with two attached hydrogens (primary N) is 1. The first-order chi connectivity index (χ1) is 10.0. The average molecular weight is 312 g/mol. The number of anilines is 1. The number of nitrogens with zero attached hydrogens (tertiary/aromatic N) is 3. The lowest BCUT2D eigenvalue weighted by molar-refractivity contribution is -0.384. The van der Waals surface area contributed by atoms with Crippen molar-refractivity contribution in [3.8, 4) is 17.4 Å². The SMILES string of the molecule is COc1cc([N+](=O)[O-])ccc1Oc1nc(NN)ncc1Cl. The van der Waals surface area contributed by atoms with Gasteiger partial charge in [-0.2, -0.15) is 4.98 Å². The lowest BCUT2D eigenvalue weighted by Crippen LogP contribution is -2.10. The van der Waals surface area contributed by atoms with E-state index < -0.39 is 4.92 Å². The first-order valence-electron chi connectivity index (χ1n) is 5.54. The Morgan fingerprint density at radius 1 is 1.43 bits per heavy atom. The number of hydrogen-bond donors (Lipinski definition) is 2. The van der Waals surface area contributed by atoms with Crippen molar-refractivity contribution < 1.29 is 14.4 Å². The molecule has 1 aromatic heterocycles. The van der Waals surface area contributed by atoms with Crippen molar-refractivity contribution >= 4 is 23.2 Å². The average Bonchev–Trinajstić information content (AvgIpc) is 2.49. The monoisotopic (exact) mass is 311 g/mol. The Balaban J connectivity index is 2.37. The smallest absolute Gasteiger partial charge is 0.273 e. The zero-order valence-electron chi connectivity index (χ0n) is 10.7. The maximum Gasteiger partial charge on any atom is 0.273 e. The maximum atomic E-state index is 10.7. The summed E-state index contributed by atoms with van der Waals surface area (Å²) in [5.41, 5.74) is 2.12.